The zero-order chi connectivity index (χ0) is 23.7. The topological polar surface area (TPSA) is 67.2 Å². The van der Waals surface area contributed by atoms with Crippen LogP contribution in [0.4, 0.5) is 5.69 Å². The van der Waals surface area contributed by atoms with Gasteiger partial charge in [-0.15, -0.1) is 11.3 Å². The summed E-state index contributed by atoms with van der Waals surface area (Å²) in [7, 11) is 0. The number of thiazole rings is 1. The maximum absolute atomic E-state index is 12.6. The summed E-state index contributed by atoms with van der Waals surface area (Å²) in [6.07, 6.45) is 0. The fraction of sp³-hybridized carbons (Fsp3) is 0. The fourth-order valence-corrected chi connectivity index (χ4v) is 4.92. The van der Waals surface area contributed by atoms with Gasteiger partial charge in [0.25, 0.3) is 5.91 Å². The lowest BCUT2D eigenvalue weighted by Crippen LogP contribution is -2.33. The molecule has 34 heavy (non-hydrogen) atoms. The maximum Gasteiger partial charge on any atom is 0.293 e. The predicted molar refractivity (Wildman–Crippen MR) is 143 cm³/mol. The van der Waals surface area contributed by atoms with Crippen molar-refractivity contribution in [3.63, 3.8) is 0 Å². The smallest absolute Gasteiger partial charge is 0.293 e. The molecule has 5 aromatic rings. The molecule has 0 aliphatic carbocycles. The van der Waals surface area contributed by atoms with Crippen molar-refractivity contribution in [1.82, 2.24) is 10.3 Å². The number of amides is 1. The molecule has 5 rings (SSSR count). The van der Waals surface area contributed by atoms with E-state index in [4.69, 9.17) is 39.8 Å². The summed E-state index contributed by atoms with van der Waals surface area (Å²) in [4.78, 5) is 17.3. The van der Waals surface area contributed by atoms with E-state index >= 15 is 0 Å². The molecule has 1 amide bonds. The third-order valence-corrected chi connectivity index (χ3v) is 7.04. The first-order valence-corrected chi connectivity index (χ1v) is 12.1. The molecule has 0 aliphatic rings. The second kappa shape index (κ2) is 9.56. The number of thiocarbonyl (C=S) groups is 1. The van der Waals surface area contributed by atoms with Crippen LogP contribution in [0.2, 0.25) is 10.0 Å². The first-order chi connectivity index (χ1) is 16.5. The van der Waals surface area contributed by atoms with Crippen molar-refractivity contribution in [2.24, 2.45) is 0 Å². The normalized spacial score (nSPS) is 10.9. The number of halogens is 2. The number of para-hydroxylation sites is 1. The van der Waals surface area contributed by atoms with Crippen LogP contribution in [0, 0.1) is 0 Å². The Bertz CT molecular complexity index is 1510. The molecule has 168 valence electrons. The Labute approximate surface area is 214 Å². The van der Waals surface area contributed by atoms with E-state index in [0.717, 1.165) is 26.5 Å². The molecule has 3 aromatic carbocycles. The fourth-order valence-electron chi connectivity index (χ4n) is 3.35. The van der Waals surface area contributed by atoms with Gasteiger partial charge in [-0.1, -0.05) is 53.5 Å². The average molecular weight is 524 g/mol. The maximum atomic E-state index is 12.6. The minimum atomic E-state index is -0.482. The molecule has 0 saturated carbocycles. The number of furan rings is 1. The molecular formula is C25H15Cl2N3O2S2. The van der Waals surface area contributed by atoms with Crippen LogP contribution in [0.1, 0.15) is 10.6 Å². The van der Waals surface area contributed by atoms with Crippen molar-refractivity contribution < 1.29 is 9.21 Å². The molecule has 5 nitrogen and oxygen atoms in total. The lowest BCUT2D eigenvalue weighted by atomic mass is 10.2. The molecule has 0 fully saturated rings. The average Bonchev–Trinajstić information content (AvgIpc) is 3.48. The summed E-state index contributed by atoms with van der Waals surface area (Å²) in [5.74, 6) is 0.0442. The van der Waals surface area contributed by atoms with Crippen molar-refractivity contribution >= 4 is 73.7 Å². The SMILES string of the molecule is O=C(NC(=S)Nc1cccc(-c2nc3ccccc3s2)c1)c1ccc(-c2cccc(Cl)c2Cl)o1. The van der Waals surface area contributed by atoms with E-state index in [0.29, 0.717) is 21.4 Å². The molecule has 9 heteroatoms. The Kier molecular flexibility index (Phi) is 6.34. The number of carbonyl (C=O) groups excluding carboxylic acids is 1. The number of rotatable bonds is 4. The Morgan fingerprint density at radius 3 is 2.65 bits per heavy atom. The number of fused-ring (bicyclic) bond motifs is 1. The van der Waals surface area contributed by atoms with E-state index in [2.05, 4.69) is 15.6 Å². The largest absolute Gasteiger partial charge is 0.451 e. The van der Waals surface area contributed by atoms with Crippen molar-refractivity contribution in [2.45, 2.75) is 0 Å². The van der Waals surface area contributed by atoms with Crippen LogP contribution in [0.15, 0.2) is 83.3 Å². The number of carbonyl (C=O) groups is 1. The van der Waals surface area contributed by atoms with E-state index in [1.54, 1.807) is 41.7 Å². The third kappa shape index (κ3) is 4.69. The van der Waals surface area contributed by atoms with Gasteiger partial charge in [-0.3, -0.25) is 10.1 Å². The van der Waals surface area contributed by atoms with E-state index in [9.17, 15) is 4.79 Å². The van der Waals surface area contributed by atoms with Crippen molar-refractivity contribution in [3.05, 3.63) is 94.7 Å². The number of aromatic nitrogens is 1. The Morgan fingerprint density at radius 2 is 1.79 bits per heavy atom. The van der Waals surface area contributed by atoms with Gasteiger partial charge in [-0.05, 0) is 60.7 Å². The van der Waals surface area contributed by atoms with Crippen LogP contribution in [0.25, 0.3) is 32.1 Å². The molecule has 0 atom stereocenters. The van der Waals surface area contributed by atoms with Crippen LogP contribution >= 0.6 is 46.8 Å². The Morgan fingerprint density at radius 1 is 0.971 bits per heavy atom. The zero-order valence-corrected chi connectivity index (χ0v) is 20.5. The molecule has 2 aromatic heterocycles. The van der Waals surface area contributed by atoms with Crippen LogP contribution in [0.5, 0.6) is 0 Å². The van der Waals surface area contributed by atoms with Gasteiger partial charge < -0.3 is 9.73 Å². The van der Waals surface area contributed by atoms with Gasteiger partial charge in [0.2, 0.25) is 0 Å². The molecule has 0 bridgehead atoms. The number of nitrogens with zero attached hydrogens (tertiary/aromatic N) is 1. The Hall–Kier alpha value is -3.23. The van der Waals surface area contributed by atoms with Gasteiger partial charge in [0.1, 0.15) is 10.8 Å². The molecule has 2 heterocycles. The second-order valence-electron chi connectivity index (χ2n) is 7.24. The summed E-state index contributed by atoms with van der Waals surface area (Å²) in [5, 5.41) is 7.48. The van der Waals surface area contributed by atoms with Crippen molar-refractivity contribution in [2.75, 3.05) is 5.32 Å². The van der Waals surface area contributed by atoms with Gasteiger partial charge in [0.15, 0.2) is 10.9 Å². The lowest BCUT2D eigenvalue weighted by Gasteiger charge is -2.09. The number of hydrogen-bond donors (Lipinski definition) is 2. The summed E-state index contributed by atoms with van der Waals surface area (Å²) >= 11 is 19.3. The summed E-state index contributed by atoms with van der Waals surface area (Å²) < 4.78 is 6.80. The summed E-state index contributed by atoms with van der Waals surface area (Å²) in [6, 6.07) is 24.1. The van der Waals surface area contributed by atoms with Crippen LogP contribution in [-0.2, 0) is 0 Å². The highest BCUT2D eigenvalue weighted by Gasteiger charge is 2.16. The highest BCUT2D eigenvalue weighted by molar-refractivity contribution is 7.80. The number of benzene rings is 3. The highest BCUT2D eigenvalue weighted by atomic mass is 35.5. The first-order valence-electron chi connectivity index (χ1n) is 10.1. The predicted octanol–water partition coefficient (Wildman–Crippen LogP) is 7.66. The molecule has 0 aliphatic heterocycles. The number of hydrogen-bond acceptors (Lipinski definition) is 5. The number of nitrogens with one attached hydrogen (secondary N) is 2. The molecule has 0 spiro atoms. The van der Waals surface area contributed by atoms with Crippen LogP contribution in [0.3, 0.4) is 0 Å². The van der Waals surface area contributed by atoms with Crippen LogP contribution < -0.4 is 10.6 Å². The van der Waals surface area contributed by atoms with Gasteiger partial charge in [0.05, 0.1) is 20.3 Å². The minimum Gasteiger partial charge on any atom is -0.451 e. The highest BCUT2D eigenvalue weighted by Crippen LogP contribution is 2.34. The monoisotopic (exact) mass is 523 g/mol. The van der Waals surface area contributed by atoms with E-state index in [1.807, 2.05) is 48.5 Å². The first kappa shape index (κ1) is 22.6. The van der Waals surface area contributed by atoms with Crippen molar-refractivity contribution in [3.8, 4) is 21.9 Å². The van der Waals surface area contributed by atoms with E-state index < -0.39 is 5.91 Å². The number of anilines is 1. The standard InChI is InChI=1S/C25H15Cl2N3O2S2/c26-17-8-4-7-16(22(17)27)19-11-12-20(32-19)23(31)30-25(33)28-15-6-3-5-14(13-15)24-29-18-9-1-2-10-21(18)34-24/h1-13H,(H2,28,30,31,33). The van der Waals surface area contributed by atoms with E-state index in [-0.39, 0.29) is 10.9 Å². The van der Waals surface area contributed by atoms with Crippen molar-refractivity contribution in [1.29, 1.82) is 0 Å². The van der Waals surface area contributed by atoms with Gasteiger partial charge in [-0.25, -0.2) is 4.98 Å². The van der Waals surface area contributed by atoms with Crippen LogP contribution in [-0.4, -0.2) is 16.0 Å². The summed E-state index contributed by atoms with van der Waals surface area (Å²) in [6.45, 7) is 0. The second-order valence-corrected chi connectivity index (χ2v) is 9.47. The lowest BCUT2D eigenvalue weighted by molar-refractivity contribution is 0.0951. The van der Waals surface area contributed by atoms with Gasteiger partial charge in [0, 0.05) is 16.8 Å². The molecule has 0 unspecified atom stereocenters. The molecule has 0 saturated heterocycles. The molecule has 2 N–H and O–H groups in total. The minimum absolute atomic E-state index is 0.0958. The quantitative estimate of drug-likeness (QED) is 0.236. The third-order valence-electron chi connectivity index (χ3n) is 4.94. The van der Waals surface area contributed by atoms with Gasteiger partial charge in [-0.2, -0.15) is 0 Å². The summed E-state index contributed by atoms with van der Waals surface area (Å²) in [5.41, 5.74) is 3.24. The molecule has 0 radical (unpaired) electrons. The zero-order valence-electron chi connectivity index (χ0n) is 17.3. The van der Waals surface area contributed by atoms with E-state index in [1.165, 1.54) is 0 Å². The van der Waals surface area contributed by atoms with Gasteiger partial charge >= 0.3 is 0 Å². The molecular weight excluding hydrogens is 509 g/mol. The Balaban J connectivity index is 1.27.